The first kappa shape index (κ1) is 15.6. The van der Waals surface area contributed by atoms with Crippen molar-refractivity contribution in [3.63, 3.8) is 0 Å². The van der Waals surface area contributed by atoms with E-state index in [1.807, 2.05) is 30.3 Å². The van der Waals surface area contributed by atoms with E-state index < -0.39 is 5.97 Å². The molecule has 4 nitrogen and oxygen atoms in total. The number of aryl methyl sites for hydroxylation is 1. The number of hydrogen-bond donors (Lipinski definition) is 2. The first-order chi connectivity index (χ1) is 10.6. The molecule has 0 saturated heterocycles. The van der Waals surface area contributed by atoms with Gasteiger partial charge in [-0.25, -0.2) is 4.79 Å². The number of phenolic OH excluding ortho intramolecular Hbond substituents is 1. The van der Waals surface area contributed by atoms with Crippen molar-refractivity contribution >= 4 is 12.0 Å². The lowest BCUT2D eigenvalue weighted by Gasteiger charge is -2.06. The van der Waals surface area contributed by atoms with Crippen LogP contribution in [0.1, 0.15) is 17.5 Å². The first-order valence-electron chi connectivity index (χ1n) is 6.95. The summed E-state index contributed by atoms with van der Waals surface area (Å²) in [6.07, 6.45) is 2.65. The van der Waals surface area contributed by atoms with Gasteiger partial charge in [0.25, 0.3) is 0 Å². The molecular formula is C18H18O4. The number of carboxylic acids is 1. The number of carbonyl (C=O) groups is 1. The van der Waals surface area contributed by atoms with Gasteiger partial charge in [0.1, 0.15) is 0 Å². The zero-order valence-corrected chi connectivity index (χ0v) is 12.3. The highest BCUT2D eigenvalue weighted by atomic mass is 16.5. The minimum absolute atomic E-state index is 0.0101. The van der Waals surface area contributed by atoms with Gasteiger partial charge < -0.3 is 14.9 Å². The highest BCUT2D eigenvalue weighted by Gasteiger charge is 2.09. The normalized spacial score (nSPS) is 11.2. The molecule has 0 aliphatic carbocycles. The second-order valence-electron chi connectivity index (χ2n) is 4.89. The van der Waals surface area contributed by atoms with Gasteiger partial charge in [-0.05, 0) is 42.2 Å². The molecule has 0 aliphatic heterocycles. The Morgan fingerprint density at radius 1 is 1.18 bits per heavy atom. The van der Waals surface area contributed by atoms with E-state index in [-0.39, 0.29) is 5.75 Å². The molecule has 0 amide bonds. The van der Waals surface area contributed by atoms with E-state index in [0.717, 1.165) is 5.56 Å². The van der Waals surface area contributed by atoms with E-state index in [9.17, 15) is 15.0 Å². The SMILES string of the molecule is COc1ccc(/C=C(\CCc2ccccc2)C(=O)O)cc1O. The van der Waals surface area contributed by atoms with Gasteiger partial charge in [-0.3, -0.25) is 0 Å². The predicted molar refractivity (Wildman–Crippen MR) is 85.0 cm³/mol. The monoisotopic (exact) mass is 298 g/mol. The Morgan fingerprint density at radius 2 is 1.91 bits per heavy atom. The summed E-state index contributed by atoms with van der Waals surface area (Å²) >= 11 is 0. The Hall–Kier alpha value is -2.75. The average molecular weight is 298 g/mol. The van der Waals surface area contributed by atoms with Crippen LogP contribution in [-0.2, 0) is 11.2 Å². The van der Waals surface area contributed by atoms with Crippen LogP contribution in [-0.4, -0.2) is 23.3 Å². The summed E-state index contributed by atoms with van der Waals surface area (Å²) in [4.78, 5) is 11.4. The van der Waals surface area contributed by atoms with E-state index in [4.69, 9.17) is 4.74 Å². The molecule has 2 aromatic carbocycles. The molecule has 0 saturated carbocycles. The topological polar surface area (TPSA) is 66.8 Å². The van der Waals surface area contributed by atoms with Gasteiger partial charge in [-0.1, -0.05) is 36.4 Å². The maximum Gasteiger partial charge on any atom is 0.331 e. The van der Waals surface area contributed by atoms with Crippen molar-refractivity contribution in [3.05, 3.63) is 65.2 Å². The number of phenols is 1. The molecule has 0 heterocycles. The summed E-state index contributed by atoms with van der Waals surface area (Å²) in [6, 6.07) is 14.5. The summed E-state index contributed by atoms with van der Waals surface area (Å²) in [5.41, 5.74) is 2.02. The number of carboxylic acid groups (broad SMARTS) is 1. The van der Waals surface area contributed by atoms with Crippen LogP contribution in [0.2, 0.25) is 0 Å². The Morgan fingerprint density at radius 3 is 2.50 bits per heavy atom. The van der Waals surface area contributed by atoms with Crippen LogP contribution < -0.4 is 4.74 Å². The number of ether oxygens (including phenoxy) is 1. The number of aliphatic carboxylic acids is 1. The molecule has 2 aromatic rings. The molecule has 0 fully saturated rings. The zero-order valence-electron chi connectivity index (χ0n) is 12.3. The van der Waals surface area contributed by atoms with Crippen molar-refractivity contribution in [1.82, 2.24) is 0 Å². The van der Waals surface area contributed by atoms with Crippen molar-refractivity contribution in [3.8, 4) is 11.5 Å². The fourth-order valence-electron chi connectivity index (χ4n) is 2.16. The molecule has 0 bridgehead atoms. The minimum atomic E-state index is -0.953. The molecule has 0 atom stereocenters. The Kier molecular flexibility index (Phi) is 5.20. The van der Waals surface area contributed by atoms with Gasteiger partial charge in [0.15, 0.2) is 11.5 Å². The Balaban J connectivity index is 2.16. The number of rotatable bonds is 6. The van der Waals surface area contributed by atoms with Crippen molar-refractivity contribution in [2.24, 2.45) is 0 Å². The van der Waals surface area contributed by atoms with Crippen LogP contribution in [0.5, 0.6) is 11.5 Å². The molecular weight excluding hydrogens is 280 g/mol. The van der Waals surface area contributed by atoms with E-state index in [2.05, 4.69) is 0 Å². The van der Waals surface area contributed by atoms with Crippen molar-refractivity contribution < 1.29 is 19.7 Å². The molecule has 0 aliphatic rings. The zero-order chi connectivity index (χ0) is 15.9. The van der Waals surface area contributed by atoms with Crippen LogP contribution >= 0.6 is 0 Å². The lowest BCUT2D eigenvalue weighted by atomic mass is 10.0. The van der Waals surface area contributed by atoms with Crippen LogP contribution in [0.25, 0.3) is 6.08 Å². The van der Waals surface area contributed by atoms with E-state index in [1.54, 1.807) is 18.2 Å². The smallest absolute Gasteiger partial charge is 0.331 e. The van der Waals surface area contributed by atoms with Crippen LogP contribution in [0, 0.1) is 0 Å². The van der Waals surface area contributed by atoms with Gasteiger partial charge >= 0.3 is 5.97 Å². The molecule has 114 valence electrons. The molecule has 2 rings (SSSR count). The Bertz CT molecular complexity index is 675. The summed E-state index contributed by atoms with van der Waals surface area (Å²) < 4.78 is 4.97. The molecule has 0 aromatic heterocycles. The molecule has 0 radical (unpaired) electrons. The lowest BCUT2D eigenvalue weighted by Crippen LogP contribution is -2.02. The van der Waals surface area contributed by atoms with Gasteiger partial charge in [-0.2, -0.15) is 0 Å². The standard InChI is InChI=1S/C18H18O4/c1-22-17-10-8-14(12-16(17)19)11-15(18(20)21)9-7-13-5-3-2-4-6-13/h2-6,8,10-12,19H,7,9H2,1H3,(H,20,21)/b15-11+. The maximum atomic E-state index is 11.4. The second kappa shape index (κ2) is 7.31. The van der Waals surface area contributed by atoms with Crippen LogP contribution in [0.3, 0.4) is 0 Å². The summed E-state index contributed by atoms with van der Waals surface area (Å²) in [5.74, 6) is -0.603. The minimum Gasteiger partial charge on any atom is -0.504 e. The van der Waals surface area contributed by atoms with Gasteiger partial charge in [0.05, 0.1) is 7.11 Å². The first-order valence-corrected chi connectivity index (χ1v) is 6.95. The van der Waals surface area contributed by atoms with Crippen molar-refractivity contribution in [1.29, 1.82) is 0 Å². The Labute approximate surface area is 129 Å². The molecule has 2 N–H and O–H groups in total. The largest absolute Gasteiger partial charge is 0.504 e. The van der Waals surface area contributed by atoms with Crippen molar-refractivity contribution in [2.45, 2.75) is 12.8 Å². The van der Waals surface area contributed by atoms with E-state index >= 15 is 0 Å². The molecule has 4 heteroatoms. The number of aromatic hydroxyl groups is 1. The van der Waals surface area contributed by atoms with Gasteiger partial charge in [0, 0.05) is 5.57 Å². The highest BCUT2D eigenvalue weighted by Crippen LogP contribution is 2.27. The van der Waals surface area contributed by atoms with Gasteiger partial charge in [0.2, 0.25) is 0 Å². The summed E-state index contributed by atoms with van der Waals surface area (Å²) in [5, 5.41) is 19.1. The molecule has 0 unspecified atom stereocenters. The van der Waals surface area contributed by atoms with Gasteiger partial charge in [-0.15, -0.1) is 0 Å². The second-order valence-corrected chi connectivity index (χ2v) is 4.89. The quantitative estimate of drug-likeness (QED) is 0.801. The van der Waals surface area contributed by atoms with E-state index in [0.29, 0.717) is 29.7 Å². The summed E-state index contributed by atoms with van der Waals surface area (Å²) in [6.45, 7) is 0. The molecule has 22 heavy (non-hydrogen) atoms. The number of hydrogen-bond acceptors (Lipinski definition) is 3. The number of methoxy groups -OCH3 is 1. The number of benzene rings is 2. The van der Waals surface area contributed by atoms with Crippen LogP contribution in [0.15, 0.2) is 54.1 Å². The van der Waals surface area contributed by atoms with Crippen LogP contribution in [0.4, 0.5) is 0 Å². The van der Waals surface area contributed by atoms with E-state index in [1.165, 1.54) is 13.2 Å². The maximum absolute atomic E-state index is 11.4. The van der Waals surface area contributed by atoms with Crippen molar-refractivity contribution in [2.75, 3.05) is 7.11 Å². The highest BCUT2D eigenvalue weighted by molar-refractivity contribution is 5.92. The third-order valence-electron chi connectivity index (χ3n) is 3.34. The third kappa shape index (κ3) is 4.12. The fourth-order valence-corrected chi connectivity index (χ4v) is 2.16. The summed E-state index contributed by atoms with van der Waals surface area (Å²) in [7, 11) is 1.47. The fraction of sp³-hybridized carbons (Fsp3) is 0.167. The average Bonchev–Trinajstić information content (AvgIpc) is 2.52. The molecule has 0 spiro atoms. The lowest BCUT2D eigenvalue weighted by molar-refractivity contribution is -0.132. The third-order valence-corrected chi connectivity index (χ3v) is 3.34. The predicted octanol–water partition coefficient (Wildman–Crippen LogP) is 3.50.